The van der Waals surface area contributed by atoms with Gasteiger partial charge in [-0.25, -0.2) is 9.38 Å². The molecule has 19 heavy (non-hydrogen) atoms. The predicted octanol–water partition coefficient (Wildman–Crippen LogP) is 3.71. The number of nitrogens with zero attached hydrogens (tertiary/aromatic N) is 1. The van der Waals surface area contributed by atoms with Crippen molar-refractivity contribution in [2.45, 2.75) is 13.0 Å². The molecule has 1 aliphatic heterocycles. The maximum Gasteiger partial charge on any atom is 0.217 e. The van der Waals surface area contributed by atoms with Gasteiger partial charge in [-0.15, -0.1) is 0 Å². The van der Waals surface area contributed by atoms with E-state index in [1.54, 1.807) is 12.1 Å². The highest BCUT2D eigenvalue weighted by Crippen LogP contribution is 2.35. The number of ether oxygens (including phenoxy) is 1. The molecule has 0 radical (unpaired) electrons. The highest BCUT2D eigenvalue weighted by molar-refractivity contribution is 5.98. The first kappa shape index (κ1) is 11.9. The van der Waals surface area contributed by atoms with Crippen LogP contribution in [0.4, 0.5) is 4.39 Å². The van der Waals surface area contributed by atoms with Crippen molar-refractivity contribution in [1.82, 2.24) is 0 Å². The van der Waals surface area contributed by atoms with E-state index in [0.29, 0.717) is 12.5 Å². The third-order valence-corrected chi connectivity index (χ3v) is 3.18. The fourth-order valence-corrected chi connectivity index (χ4v) is 2.35. The maximum absolute atomic E-state index is 13.5. The van der Waals surface area contributed by atoms with Gasteiger partial charge in [-0.05, 0) is 36.2 Å². The highest BCUT2D eigenvalue weighted by atomic mass is 19.1. The van der Waals surface area contributed by atoms with Crippen LogP contribution in [-0.2, 0) is 4.74 Å². The van der Waals surface area contributed by atoms with Crippen molar-refractivity contribution >= 4 is 5.90 Å². The zero-order valence-corrected chi connectivity index (χ0v) is 10.6. The second kappa shape index (κ2) is 4.84. The number of rotatable bonds is 2. The molecule has 1 aliphatic rings. The van der Waals surface area contributed by atoms with E-state index in [1.165, 1.54) is 6.07 Å². The second-order valence-electron chi connectivity index (χ2n) is 4.41. The van der Waals surface area contributed by atoms with Crippen molar-refractivity contribution in [3.05, 3.63) is 71.0 Å². The highest BCUT2D eigenvalue weighted by Gasteiger charge is 2.27. The normalized spacial score (nSPS) is 16.9. The molecule has 1 atom stereocenters. The SMILES string of the molecule is CCOC1=NC(c2ccccc2)c2cc(F)ccc21. The number of aliphatic imine (C=N–C) groups is 1. The summed E-state index contributed by atoms with van der Waals surface area (Å²) in [6.07, 6.45) is 0. The quantitative estimate of drug-likeness (QED) is 0.801. The summed E-state index contributed by atoms with van der Waals surface area (Å²) in [5.74, 6) is 0.360. The van der Waals surface area contributed by atoms with Crippen LogP contribution >= 0.6 is 0 Å². The Morgan fingerprint density at radius 3 is 2.68 bits per heavy atom. The van der Waals surface area contributed by atoms with Crippen LogP contribution in [0.1, 0.15) is 29.7 Å². The zero-order valence-electron chi connectivity index (χ0n) is 10.6. The standard InChI is InChI=1S/C16H14FNO/c1-2-19-16-13-9-8-12(17)10-14(13)15(18-16)11-6-4-3-5-7-11/h3-10,15H,2H2,1H3. The molecule has 0 aromatic heterocycles. The van der Waals surface area contributed by atoms with Crippen molar-refractivity contribution < 1.29 is 9.13 Å². The van der Waals surface area contributed by atoms with Crippen LogP contribution in [0.5, 0.6) is 0 Å². The topological polar surface area (TPSA) is 21.6 Å². The van der Waals surface area contributed by atoms with E-state index in [1.807, 2.05) is 37.3 Å². The molecule has 0 aliphatic carbocycles. The fraction of sp³-hybridized carbons (Fsp3) is 0.188. The lowest BCUT2D eigenvalue weighted by Crippen LogP contribution is -2.03. The van der Waals surface area contributed by atoms with Crippen LogP contribution in [0.3, 0.4) is 0 Å². The third kappa shape index (κ3) is 2.12. The molecule has 2 aromatic carbocycles. The minimum Gasteiger partial charge on any atom is -0.478 e. The van der Waals surface area contributed by atoms with E-state index in [0.717, 1.165) is 16.7 Å². The number of hydrogen-bond donors (Lipinski definition) is 0. The van der Waals surface area contributed by atoms with Gasteiger partial charge in [-0.3, -0.25) is 0 Å². The van der Waals surface area contributed by atoms with E-state index in [2.05, 4.69) is 4.99 Å². The Labute approximate surface area is 111 Å². The van der Waals surface area contributed by atoms with Crippen LogP contribution in [0, 0.1) is 5.82 Å². The van der Waals surface area contributed by atoms with E-state index < -0.39 is 0 Å². The van der Waals surface area contributed by atoms with Crippen LogP contribution in [0.25, 0.3) is 0 Å². The van der Waals surface area contributed by atoms with Crippen LogP contribution < -0.4 is 0 Å². The first-order chi connectivity index (χ1) is 9.29. The van der Waals surface area contributed by atoms with Crippen LogP contribution in [0.15, 0.2) is 53.5 Å². The zero-order chi connectivity index (χ0) is 13.2. The lowest BCUT2D eigenvalue weighted by Gasteiger charge is -2.09. The molecule has 0 spiro atoms. The number of hydrogen-bond acceptors (Lipinski definition) is 2. The summed E-state index contributed by atoms with van der Waals surface area (Å²) in [5, 5.41) is 0. The van der Waals surface area contributed by atoms with Crippen molar-refractivity contribution in [3.63, 3.8) is 0 Å². The molecule has 2 nitrogen and oxygen atoms in total. The van der Waals surface area contributed by atoms with Gasteiger partial charge >= 0.3 is 0 Å². The summed E-state index contributed by atoms with van der Waals surface area (Å²) < 4.78 is 19.0. The summed E-state index contributed by atoms with van der Waals surface area (Å²) in [7, 11) is 0. The van der Waals surface area contributed by atoms with Gasteiger partial charge in [-0.1, -0.05) is 30.3 Å². The van der Waals surface area contributed by atoms with Gasteiger partial charge in [0.15, 0.2) is 0 Å². The molecule has 0 amide bonds. The molecule has 0 bridgehead atoms. The smallest absolute Gasteiger partial charge is 0.217 e. The first-order valence-corrected chi connectivity index (χ1v) is 6.35. The minimum atomic E-state index is -0.243. The molecular weight excluding hydrogens is 241 g/mol. The second-order valence-corrected chi connectivity index (χ2v) is 4.41. The van der Waals surface area contributed by atoms with Crippen molar-refractivity contribution in [2.75, 3.05) is 6.61 Å². The average molecular weight is 255 g/mol. The molecule has 1 unspecified atom stereocenters. The molecule has 0 N–H and O–H groups in total. The average Bonchev–Trinajstić information content (AvgIpc) is 2.78. The Balaban J connectivity index is 2.10. The molecule has 3 rings (SSSR count). The van der Waals surface area contributed by atoms with Crippen molar-refractivity contribution in [1.29, 1.82) is 0 Å². The van der Waals surface area contributed by atoms with Crippen LogP contribution in [0.2, 0.25) is 0 Å². The lowest BCUT2D eigenvalue weighted by atomic mass is 9.97. The number of fused-ring (bicyclic) bond motifs is 1. The Kier molecular flexibility index (Phi) is 3.03. The molecule has 1 heterocycles. The monoisotopic (exact) mass is 255 g/mol. The van der Waals surface area contributed by atoms with Crippen LogP contribution in [-0.4, -0.2) is 12.5 Å². The van der Waals surface area contributed by atoms with Gasteiger partial charge < -0.3 is 4.74 Å². The van der Waals surface area contributed by atoms with E-state index in [-0.39, 0.29) is 11.9 Å². The maximum atomic E-state index is 13.5. The third-order valence-electron chi connectivity index (χ3n) is 3.18. The largest absolute Gasteiger partial charge is 0.478 e. The molecule has 96 valence electrons. The Morgan fingerprint density at radius 2 is 1.95 bits per heavy atom. The van der Waals surface area contributed by atoms with E-state index in [9.17, 15) is 4.39 Å². The number of halogens is 1. The predicted molar refractivity (Wildman–Crippen MR) is 72.8 cm³/mol. The molecule has 3 heteroatoms. The van der Waals surface area contributed by atoms with Gasteiger partial charge in [0.05, 0.1) is 6.61 Å². The Bertz CT molecular complexity index is 622. The minimum absolute atomic E-state index is 0.173. The lowest BCUT2D eigenvalue weighted by molar-refractivity contribution is 0.328. The Morgan fingerprint density at radius 1 is 1.16 bits per heavy atom. The Hall–Kier alpha value is -2.16. The molecule has 0 saturated carbocycles. The summed E-state index contributed by atoms with van der Waals surface area (Å²) in [5.41, 5.74) is 2.80. The first-order valence-electron chi connectivity index (χ1n) is 6.35. The summed E-state index contributed by atoms with van der Waals surface area (Å²) >= 11 is 0. The summed E-state index contributed by atoms with van der Waals surface area (Å²) in [4.78, 5) is 4.58. The van der Waals surface area contributed by atoms with Gasteiger partial charge in [0, 0.05) is 5.56 Å². The summed E-state index contributed by atoms with van der Waals surface area (Å²) in [6.45, 7) is 2.47. The molecular formula is C16H14FNO. The molecule has 2 aromatic rings. The fourth-order valence-electron chi connectivity index (χ4n) is 2.35. The van der Waals surface area contributed by atoms with Gasteiger partial charge in [0.1, 0.15) is 11.9 Å². The van der Waals surface area contributed by atoms with Gasteiger partial charge in [-0.2, -0.15) is 0 Å². The molecule has 0 fully saturated rings. The number of benzene rings is 2. The van der Waals surface area contributed by atoms with Crippen molar-refractivity contribution in [2.24, 2.45) is 4.99 Å². The van der Waals surface area contributed by atoms with E-state index in [4.69, 9.17) is 4.74 Å². The van der Waals surface area contributed by atoms with Crippen molar-refractivity contribution in [3.8, 4) is 0 Å². The van der Waals surface area contributed by atoms with E-state index >= 15 is 0 Å². The summed E-state index contributed by atoms with van der Waals surface area (Å²) in [6, 6.07) is 14.4. The van der Waals surface area contributed by atoms with Gasteiger partial charge in [0.25, 0.3) is 0 Å². The molecule has 0 saturated heterocycles. The van der Waals surface area contributed by atoms with Gasteiger partial charge in [0.2, 0.25) is 5.90 Å².